The van der Waals surface area contributed by atoms with Gasteiger partial charge in [0.25, 0.3) is 0 Å². The second-order valence-corrected chi connectivity index (χ2v) is 6.68. The molecule has 0 spiro atoms. The minimum atomic E-state index is -3.09. The third-order valence-corrected chi connectivity index (χ3v) is 4.48. The summed E-state index contributed by atoms with van der Waals surface area (Å²) in [5, 5.41) is 0. The molecule has 2 rings (SSSR count). The number of esters is 1. The molecule has 0 saturated carbocycles. The summed E-state index contributed by atoms with van der Waals surface area (Å²) in [6.45, 7) is 1.67. The summed E-state index contributed by atoms with van der Waals surface area (Å²) in [6, 6.07) is 3.89. The molecule has 0 aromatic heterocycles. The van der Waals surface area contributed by atoms with Crippen molar-refractivity contribution in [2.75, 3.05) is 11.5 Å². The van der Waals surface area contributed by atoms with Crippen LogP contribution >= 0.6 is 0 Å². The van der Waals surface area contributed by atoms with Gasteiger partial charge in [0, 0.05) is 0 Å². The zero-order valence-corrected chi connectivity index (χ0v) is 10.7. The summed E-state index contributed by atoms with van der Waals surface area (Å²) in [6.07, 6.45) is -0.311. The minimum Gasteiger partial charge on any atom is -0.458 e. The Labute approximate surface area is 105 Å². The molecule has 0 aliphatic carbocycles. The molecular formula is C12H13FO4S. The zero-order valence-electron chi connectivity index (χ0n) is 9.85. The van der Waals surface area contributed by atoms with Gasteiger partial charge in [-0.05, 0) is 37.1 Å². The number of hydrogen-bond donors (Lipinski definition) is 0. The normalized spacial score (nSPS) is 21.8. The Bertz CT molecular complexity index is 559. The highest BCUT2D eigenvalue weighted by molar-refractivity contribution is 7.91. The molecule has 1 unspecified atom stereocenters. The zero-order chi connectivity index (χ0) is 13.3. The van der Waals surface area contributed by atoms with Gasteiger partial charge < -0.3 is 4.74 Å². The van der Waals surface area contributed by atoms with Crippen LogP contribution in [0.25, 0.3) is 0 Å². The highest BCUT2D eigenvalue weighted by atomic mass is 32.2. The summed E-state index contributed by atoms with van der Waals surface area (Å²) in [4.78, 5) is 11.7. The Kier molecular flexibility index (Phi) is 3.38. The van der Waals surface area contributed by atoms with E-state index in [1.165, 1.54) is 12.1 Å². The fraction of sp³-hybridized carbons (Fsp3) is 0.417. The van der Waals surface area contributed by atoms with E-state index in [1.54, 1.807) is 6.92 Å². The van der Waals surface area contributed by atoms with Crippen molar-refractivity contribution in [3.63, 3.8) is 0 Å². The predicted octanol–water partition coefficient (Wildman–Crippen LogP) is 1.48. The SMILES string of the molecule is Cc1cc(F)cc(C(=O)OC2CCS(=O)(=O)C2)c1. The molecule has 0 amide bonds. The number of ether oxygens (including phenoxy) is 1. The Morgan fingerprint density at radius 2 is 2.11 bits per heavy atom. The van der Waals surface area contributed by atoms with Crippen LogP contribution in [0.5, 0.6) is 0 Å². The number of hydrogen-bond acceptors (Lipinski definition) is 4. The van der Waals surface area contributed by atoms with Gasteiger partial charge in [0.05, 0.1) is 17.1 Å². The molecule has 1 saturated heterocycles. The molecule has 98 valence electrons. The topological polar surface area (TPSA) is 60.4 Å². The van der Waals surface area contributed by atoms with Gasteiger partial charge >= 0.3 is 5.97 Å². The lowest BCUT2D eigenvalue weighted by Crippen LogP contribution is -2.19. The van der Waals surface area contributed by atoms with E-state index in [4.69, 9.17) is 4.74 Å². The molecule has 0 N–H and O–H groups in total. The molecule has 1 fully saturated rings. The minimum absolute atomic E-state index is 0.0348. The second-order valence-electron chi connectivity index (χ2n) is 4.45. The summed E-state index contributed by atoms with van der Waals surface area (Å²) >= 11 is 0. The molecule has 18 heavy (non-hydrogen) atoms. The summed E-state index contributed by atoms with van der Waals surface area (Å²) < 4.78 is 40.6. The third kappa shape index (κ3) is 3.07. The fourth-order valence-corrected chi connectivity index (χ4v) is 3.52. The molecule has 6 heteroatoms. The molecule has 1 aliphatic rings. The molecule has 1 heterocycles. The molecule has 1 aromatic rings. The van der Waals surface area contributed by atoms with Gasteiger partial charge in [-0.15, -0.1) is 0 Å². The van der Waals surface area contributed by atoms with Crippen LogP contribution in [0.4, 0.5) is 4.39 Å². The lowest BCUT2D eigenvalue weighted by molar-refractivity contribution is 0.0355. The largest absolute Gasteiger partial charge is 0.458 e. The van der Waals surface area contributed by atoms with Crippen LogP contribution in [-0.2, 0) is 14.6 Å². The number of halogens is 1. The van der Waals surface area contributed by atoms with Crippen molar-refractivity contribution in [1.82, 2.24) is 0 Å². The summed E-state index contributed by atoms with van der Waals surface area (Å²) in [5.74, 6) is -1.30. The van der Waals surface area contributed by atoms with E-state index < -0.39 is 27.7 Å². The van der Waals surface area contributed by atoms with Crippen molar-refractivity contribution in [2.45, 2.75) is 19.4 Å². The molecule has 1 atom stereocenters. The fourth-order valence-electron chi connectivity index (χ4n) is 1.93. The van der Waals surface area contributed by atoms with Crippen LogP contribution in [0.3, 0.4) is 0 Å². The van der Waals surface area contributed by atoms with Gasteiger partial charge in [0.2, 0.25) is 0 Å². The van der Waals surface area contributed by atoms with Gasteiger partial charge in [-0.2, -0.15) is 0 Å². The standard InChI is InChI=1S/C12H13FO4S/c1-8-4-9(6-10(13)5-8)12(14)17-11-2-3-18(15,16)7-11/h4-6,11H,2-3,7H2,1H3. The average molecular weight is 272 g/mol. The molecule has 0 bridgehead atoms. The van der Waals surface area contributed by atoms with E-state index in [2.05, 4.69) is 0 Å². The first-order chi connectivity index (χ1) is 8.35. The average Bonchev–Trinajstić information content (AvgIpc) is 2.56. The number of rotatable bonds is 2. The molecular weight excluding hydrogens is 259 g/mol. The van der Waals surface area contributed by atoms with Gasteiger partial charge in [-0.3, -0.25) is 0 Å². The predicted molar refractivity (Wildman–Crippen MR) is 63.6 cm³/mol. The van der Waals surface area contributed by atoms with Crippen molar-refractivity contribution >= 4 is 15.8 Å². The maximum Gasteiger partial charge on any atom is 0.338 e. The van der Waals surface area contributed by atoms with Crippen molar-refractivity contribution in [3.8, 4) is 0 Å². The Hall–Kier alpha value is -1.43. The Balaban J connectivity index is 2.08. The van der Waals surface area contributed by atoms with Crippen LogP contribution in [-0.4, -0.2) is 32.0 Å². The summed E-state index contributed by atoms with van der Waals surface area (Å²) in [5.41, 5.74) is 0.720. The van der Waals surface area contributed by atoms with E-state index in [0.717, 1.165) is 6.07 Å². The number of carbonyl (C=O) groups excluding carboxylic acids is 1. The monoisotopic (exact) mass is 272 g/mol. The Morgan fingerprint density at radius 1 is 1.39 bits per heavy atom. The third-order valence-electron chi connectivity index (χ3n) is 2.74. The molecule has 1 aliphatic heterocycles. The lowest BCUT2D eigenvalue weighted by Gasteiger charge is -2.10. The van der Waals surface area contributed by atoms with E-state index in [9.17, 15) is 17.6 Å². The van der Waals surface area contributed by atoms with E-state index in [0.29, 0.717) is 12.0 Å². The van der Waals surface area contributed by atoms with Crippen LogP contribution < -0.4 is 0 Å². The van der Waals surface area contributed by atoms with Gasteiger partial charge in [0.15, 0.2) is 9.84 Å². The number of sulfone groups is 1. The maximum absolute atomic E-state index is 13.1. The van der Waals surface area contributed by atoms with Crippen LogP contribution in [0.15, 0.2) is 18.2 Å². The van der Waals surface area contributed by atoms with E-state index >= 15 is 0 Å². The van der Waals surface area contributed by atoms with E-state index in [-0.39, 0.29) is 17.1 Å². The molecule has 4 nitrogen and oxygen atoms in total. The van der Waals surface area contributed by atoms with Crippen molar-refractivity contribution < 1.29 is 22.3 Å². The smallest absolute Gasteiger partial charge is 0.338 e. The molecule has 1 aromatic carbocycles. The van der Waals surface area contributed by atoms with Crippen molar-refractivity contribution in [2.24, 2.45) is 0 Å². The van der Waals surface area contributed by atoms with Gasteiger partial charge in [-0.1, -0.05) is 0 Å². The highest BCUT2D eigenvalue weighted by Crippen LogP contribution is 2.17. The Morgan fingerprint density at radius 3 is 2.67 bits per heavy atom. The van der Waals surface area contributed by atoms with Crippen LogP contribution in [0.1, 0.15) is 22.3 Å². The number of carbonyl (C=O) groups is 1. The lowest BCUT2D eigenvalue weighted by atomic mass is 10.1. The first-order valence-electron chi connectivity index (χ1n) is 5.54. The molecule has 0 radical (unpaired) electrons. The second kappa shape index (κ2) is 4.68. The van der Waals surface area contributed by atoms with Gasteiger partial charge in [0.1, 0.15) is 11.9 Å². The quantitative estimate of drug-likeness (QED) is 0.765. The number of benzene rings is 1. The van der Waals surface area contributed by atoms with Crippen molar-refractivity contribution in [3.05, 3.63) is 35.1 Å². The summed E-state index contributed by atoms with van der Waals surface area (Å²) in [7, 11) is -3.09. The van der Waals surface area contributed by atoms with Crippen molar-refractivity contribution in [1.29, 1.82) is 0 Å². The number of aryl methyl sites for hydroxylation is 1. The van der Waals surface area contributed by atoms with E-state index in [1.807, 2.05) is 0 Å². The van der Waals surface area contributed by atoms with Gasteiger partial charge in [-0.25, -0.2) is 17.6 Å². The maximum atomic E-state index is 13.1. The first-order valence-corrected chi connectivity index (χ1v) is 7.36. The van der Waals surface area contributed by atoms with Crippen LogP contribution in [0.2, 0.25) is 0 Å². The highest BCUT2D eigenvalue weighted by Gasteiger charge is 2.31. The van der Waals surface area contributed by atoms with Crippen LogP contribution in [0, 0.1) is 12.7 Å². The first kappa shape index (κ1) is 13.0.